The van der Waals surface area contributed by atoms with E-state index in [9.17, 15) is 9.18 Å². The summed E-state index contributed by atoms with van der Waals surface area (Å²) in [6, 6.07) is 8.34. The van der Waals surface area contributed by atoms with Crippen LogP contribution in [0.5, 0.6) is 5.75 Å². The molecule has 9 heteroatoms. The number of hydrogen-bond acceptors (Lipinski definition) is 6. The first-order chi connectivity index (χ1) is 15.9. The van der Waals surface area contributed by atoms with Crippen molar-refractivity contribution in [3.63, 3.8) is 0 Å². The Morgan fingerprint density at radius 2 is 2.03 bits per heavy atom. The van der Waals surface area contributed by atoms with E-state index in [1.807, 2.05) is 17.7 Å². The molecule has 2 heterocycles. The fraction of sp³-hybridized carbons (Fsp3) is 0.417. The number of amides is 1. The molecule has 1 aliphatic rings. The van der Waals surface area contributed by atoms with Gasteiger partial charge in [-0.2, -0.15) is 5.10 Å². The molecule has 1 fully saturated rings. The Balaban J connectivity index is 1.43. The highest BCUT2D eigenvalue weighted by molar-refractivity contribution is 5.93. The highest BCUT2D eigenvalue weighted by atomic mass is 19.1. The molecule has 0 bridgehead atoms. The number of aromatic nitrogens is 4. The second-order valence-corrected chi connectivity index (χ2v) is 8.61. The Labute approximate surface area is 192 Å². The van der Waals surface area contributed by atoms with Gasteiger partial charge in [-0.15, -0.1) is 0 Å². The van der Waals surface area contributed by atoms with Crippen LogP contribution in [0.25, 0.3) is 11.4 Å². The number of nitrogens with two attached hydrogens (primary N) is 1. The molecule has 0 radical (unpaired) electrons. The van der Waals surface area contributed by atoms with E-state index >= 15 is 0 Å². The summed E-state index contributed by atoms with van der Waals surface area (Å²) in [5.41, 5.74) is 8.43. The molecular formula is C24H29FN6O2. The number of ether oxygens (including phenoxy) is 1. The number of carbonyl (C=O) groups excluding carboxylic acids is 1. The molecule has 3 aromatic rings. The van der Waals surface area contributed by atoms with E-state index in [1.54, 1.807) is 24.5 Å². The number of benzene rings is 1. The number of rotatable bonds is 7. The molecule has 33 heavy (non-hydrogen) atoms. The summed E-state index contributed by atoms with van der Waals surface area (Å²) in [5, 5.41) is 7.44. The van der Waals surface area contributed by atoms with Crippen LogP contribution in [0.1, 0.15) is 47.4 Å². The summed E-state index contributed by atoms with van der Waals surface area (Å²) >= 11 is 0. The van der Waals surface area contributed by atoms with Crippen LogP contribution in [0.15, 0.2) is 36.7 Å². The predicted octanol–water partition coefficient (Wildman–Crippen LogP) is 3.24. The molecule has 3 N–H and O–H groups in total. The average Bonchev–Trinajstić information content (AvgIpc) is 3.28. The van der Waals surface area contributed by atoms with Gasteiger partial charge in [-0.3, -0.25) is 9.48 Å². The molecular weight excluding hydrogens is 423 g/mol. The lowest BCUT2D eigenvalue weighted by molar-refractivity contribution is 0.0945. The highest BCUT2D eigenvalue weighted by Gasteiger charge is 2.20. The van der Waals surface area contributed by atoms with E-state index in [0.29, 0.717) is 23.5 Å². The van der Waals surface area contributed by atoms with Crippen molar-refractivity contribution < 1.29 is 13.9 Å². The number of methoxy groups -OCH3 is 1. The van der Waals surface area contributed by atoms with E-state index in [2.05, 4.69) is 20.4 Å². The SMILES string of the molecule is COc1cc(CNC(=O)c2cc(-c3ncn(CC4CCC(N)CC4)n3)cc(C)n2)ccc1F. The normalized spacial score (nSPS) is 18.2. The first-order valence-electron chi connectivity index (χ1n) is 11.2. The topological polar surface area (TPSA) is 108 Å². The van der Waals surface area contributed by atoms with Crippen molar-refractivity contribution in [2.45, 2.75) is 51.7 Å². The van der Waals surface area contributed by atoms with Crippen LogP contribution in [0.4, 0.5) is 4.39 Å². The first kappa shape index (κ1) is 22.8. The molecule has 4 rings (SSSR count). The molecule has 0 atom stereocenters. The Kier molecular flexibility index (Phi) is 6.98. The molecule has 2 aromatic heterocycles. The minimum absolute atomic E-state index is 0.135. The fourth-order valence-electron chi connectivity index (χ4n) is 4.15. The number of aryl methyl sites for hydroxylation is 1. The van der Waals surface area contributed by atoms with Gasteiger partial charge in [0.25, 0.3) is 5.91 Å². The summed E-state index contributed by atoms with van der Waals surface area (Å²) in [5.74, 6) is 0.475. The maximum Gasteiger partial charge on any atom is 0.270 e. The number of halogens is 1. The van der Waals surface area contributed by atoms with Crippen molar-refractivity contribution in [3.05, 3.63) is 59.4 Å². The van der Waals surface area contributed by atoms with Gasteiger partial charge < -0.3 is 15.8 Å². The average molecular weight is 453 g/mol. The zero-order valence-corrected chi connectivity index (χ0v) is 18.9. The Morgan fingerprint density at radius 3 is 2.79 bits per heavy atom. The van der Waals surface area contributed by atoms with Gasteiger partial charge in [-0.05, 0) is 68.4 Å². The summed E-state index contributed by atoms with van der Waals surface area (Å²) in [7, 11) is 1.40. The maximum atomic E-state index is 13.6. The quantitative estimate of drug-likeness (QED) is 0.570. The van der Waals surface area contributed by atoms with E-state index in [4.69, 9.17) is 10.5 Å². The first-order valence-corrected chi connectivity index (χ1v) is 11.2. The van der Waals surface area contributed by atoms with E-state index in [0.717, 1.165) is 43.4 Å². The zero-order valence-electron chi connectivity index (χ0n) is 18.9. The van der Waals surface area contributed by atoms with E-state index in [-0.39, 0.29) is 23.9 Å². The van der Waals surface area contributed by atoms with Crippen LogP contribution in [-0.4, -0.2) is 38.8 Å². The molecule has 8 nitrogen and oxygen atoms in total. The third-order valence-corrected chi connectivity index (χ3v) is 5.99. The zero-order chi connectivity index (χ0) is 23.4. The van der Waals surface area contributed by atoms with Gasteiger partial charge in [0.1, 0.15) is 12.0 Å². The van der Waals surface area contributed by atoms with E-state index in [1.165, 1.54) is 13.2 Å². The lowest BCUT2D eigenvalue weighted by Crippen LogP contribution is -2.28. The molecule has 0 saturated heterocycles. The van der Waals surface area contributed by atoms with Gasteiger partial charge in [0.2, 0.25) is 0 Å². The third-order valence-electron chi connectivity index (χ3n) is 5.99. The van der Waals surface area contributed by atoms with Gasteiger partial charge >= 0.3 is 0 Å². The number of carbonyl (C=O) groups is 1. The molecule has 1 aromatic carbocycles. The summed E-state index contributed by atoms with van der Waals surface area (Å²) in [4.78, 5) is 21.5. The van der Waals surface area contributed by atoms with Gasteiger partial charge in [0, 0.05) is 30.4 Å². The number of nitrogens with zero attached hydrogens (tertiary/aromatic N) is 4. The predicted molar refractivity (Wildman–Crippen MR) is 122 cm³/mol. The monoisotopic (exact) mass is 452 g/mol. The summed E-state index contributed by atoms with van der Waals surface area (Å²) in [6.45, 7) is 2.87. The van der Waals surface area contributed by atoms with Crippen molar-refractivity contribution in [1.29, 1.82) is 0 Å². The van der Waals surface area contributed by atoms with Crippen molar-refractivity contribution in [2.24, 2.45) is 11.7 Å². The molecule has 0 unspecified atom stereocenters. The number of pyridine rings is 1. The van der Waals surface area contributed by atoms with Crippen LogP contribution in [0.3, 0.4) is 0 Å². The number of hydrogen-bond donors (Lipinski definition) is 2. The smallest absolute Gasteiger partial charge is 0.270 e. The van der Waals surface area contributed by atoms with Gasteiger partial charge in [0.05, 0.1) is 7.11 Å². The fourth-order valence-corrected chi connectivity index (χ4v) is 4.15. The van der Waals surface area contributed by atoms with Crippen LogP contribution in [-0.2, 0) is 13.1 Å². The van der Waals surface area contributed by atoms with Crippen molar-refractivity contribution >= 4 is 5.91 Å². The maximum absolute atomic E-state index is 13.6. The second kappa shape index (κ2) is 10.1. The molecule has 0 spiro atoms. The van der Waals surface area contributed by atoms with Crippen LogP contribution >= 0.6 is 0 Å². The van der Waals surface area contributed by atoms with Crippen LogP contribution in [0.2, 0.25) is 0 Å². The summed E-state index contributed by atoms with van der Waals surface area (Å²) in [6.07, 6.45) is 6.06. The highest BCUT2D eigenvalue weighted by Crippen LogP contribution is 2.25. The van der Waals surface area contributed by atoms with Crippen molar-refractivity contribution in [3.8, 4) is 17.1 Å². The Hall–Kier alpha value is -3.33. The second-order valence-electron chi connectivity index (χ2n) is 8.61. The van der Waals surface area contributed by atoms with Crippen molar-refractivity contribution in [1.82, 2.24) is 25.1 Å². The van der Waals surface area contributed by atoms with Gasteiger partial charge in [-0.25, -0.2) is 14.4 Å². The Morgan fingerprint density at radius 1 is 1.24 bits per heavy atom. The number of nitrogens with one attached hydrogen (secondary N) is 1. The molecule has 174 valence electrons. The van der Waals surface area contributed by atoms with Gasteiger partial charge in [-0.1, -0.05) is 6.07 Å². The molecule has 1 aliphatic carbocycles. The molecule has 1 amide bonds. The van der Waals surface area contributed by atoms with Crippen LogP contribution in [0, 0.1) is 18.7 Å². The Bertz CT molecular complexity index is 1120. The molecule has 0 aliphatic heterocycles. The van der Waals surface area contributed by atoms with E-state index < -0.39 is 5.82 Å². The van der Waals surface area contributed by atoms with Crippen LogP contribution < -0.4 is 15.8 Å². The summed E-state index contributed by atoms with van der Waals surface area (Å²) < 4.78 is 20.5. The standard InChI is InChI=1S/C24H29FN6O2/c1-15-9-18(23-28-14-31(30-23)13-16-3-6-19(26)7-4-16)11-21(29-15)24(32)27-12-17-5-8-20(25)22(10-17)33-2/h5,8-11,14,16,19H,3-4,6-7,12-13,26H2,1-2H3,(H,27,32). The lowest BCUT2D eigenvalue weighted by atomic mass is 9.86. The lowest BCUT2D eigenvalue weighted by Gasteiger charge is -2.25. The molecule has 1 saturated carbocycles. The largest absolute Gasteiger partial charge is 0.494 e. The van der Waals surface area contributed by atoms with Crippen molar-refractivity contribution in [2.75, 3.05) is 7.11 Å². The third kappa shape index (κ3) is 5.73. The minimum atomic E-state index is -0.448. The minimum Gasteiger partial charge on any atom is -0.494 e. The van der Waals surface area contributed by atoms with Gasteiger partial charge in [0.15, 0.2) is 17.4 Å².